The Balaban J connectivity index is 1.13. The molecule has 4 N–H and O–H groups in total. The van der Waals surface area contributed by atoms with Gasteiger partial charge in [-0.1, -0.05) is 39.8 Å². The molecule has 0 bridgehead atoms. The van der Waals surface area contributed by atoms with E-state index in [9.17, 15) is 20.1 Å². The Labute approximate surface area is 281 Å². The van der Waals surface area contributed by atoms with Crippen LogP contribution in [-0.4, -0.2) is 71.8 Å². The molecule has 1 aliphatic heterocycles. The Hall–Kier alpha value is -1.71. The van der Waals surface area contributed by atoms with Crippen LogP contribution < -0.4 is 5.32 Å². The van der Waals surface area contributed by atoms with E-state index in [4.69, 9.17) is 14.2 Å². The molecule has 6 aliphatic rings. The number of anilines is 1. The summed E-state index contributed by atoms with van der Waals surface area (Å²) in [4.78, 5) is 13.5. The second-order valence-electron chi connectivity index (χ2n) is 18.1. The van der Waals surface area contributed by atoms with Crippen molar-refractivity contribution in [2.45, 2.75) is 136 Å². The summed E-state index contributed by atoms with van der Waals surface area (Å²) in [5.41, 5.74) is -0.0943. The fourth-order valence-electron chi connectivity index (χ4n) is 13.5. The lowest BCUT2D eigenvalue weighted by Gasteiger charge is -2.68. The smallest absolute Gasteiger partial charge is 0.340 e. The molecule has 5 aliphatic carbocycles. The van der Waals surface area contributed by atoms with Crippen LogP contribution in [0.25, 0.3) is 0 Å². The summed E-state index contributed by atoms with van der Waals surface area (Å²) in [6.45, 7) is 12.7. The zero-order chi connectivity index (χ0) is 33.9. The molecule has 0 amide bonds. The summed E-state index contributed by atoms with van der Waals surface area (Å²) in [6.07, 6.45) is 6.36. The minimum absolute atomic E-state index is 0.0400. The second-order valence-corrected chi connectivity index (χ2v) is 18.1. The van der Waals surface area contributed by atoms with Gasteiger partial charge in [-0.3, -0.25) is 0 Å². The first-order valence-corrected chi connectivity index (χ1v) is 18.3. The zero-order valence-corrected chi connectivity index (χ0v) is 29.8. The molecule has 5 saturated carbocycles. The lowest BCUT2D eigenvalue weighted by molar-refractivity contribution is -0.243. The molecule has 47 heavy (non-hydrogen) atoms. The first-order chi connectivity index (χ1) is 22.0. The van der Waals surface area contributed by atoms with Crippen molar-refractivity contribution in [2.24, 2.45) is 50.7 Å². The number of methoxy groups -OCH3 is 1. The van der Waals surface area contributed by atoms with Crippen LogP contribution >= 0.6 is 0 Å². The van der Waals surface area contributed by atoms with Gasteiger partial charge in [0.05, 0.1) is 23.4 Å². The van der Waals surface area contributed by atoms with Gasteiger partial charge in [0, 0.05) is 36.6 Å². The monoisotopic (exact) mass is 653 g/mol. The van der Waals surface area contributed by atoms with Gasteiger partial charge in [0.25, 0.3) is 0 Å². The van der Waals surface area contributed by atoms with Gasteiger partial charge in [-0.25, -0.2) is 4.79 Å². The van der Waals surface area contributed by atoms with Gasteiger partial charge in [0.1, 0.15) is 12.2 Å². The van der Waals surface area contributed by atoms with Crippen molar-refractivity contribution in [3.05, 3.63) is 29.8 Å². The Bertz CT molecular complexity index is 1390. The van der Waals surface area contributed by atoms with E-state index >= 15 is 0 Å². The van der Waals surface area contributed by atoms with E-state index in [1.165, 1.54) is 0 Å². The van der Waals surface area contributed by atoms with Crippen LogP contribution in [0.4, 0.5) is 5.69 Å². The normalized spacial score (nSPS) is 47.2. The third kappa shape index (κ3) is 4.46. The maximum atomic E-state index is 13.5. The van der Waals surface area contributed by atoms with Gasteiger partial charge < -0.3 is 34.8 Å². The maximum Gasteiger partial charge on any atom is 0.340 e. The highest BCUT2D eigenvalue weighted by Crippen LogP contribution is 2.91. The molecule has 0 radical (unpaired) electrons. The summed E-state index contributed by atoms with van der Waals surface area (Å²) < 4.78 is 18.5. The van der Waals surface area contributed by atoms with Gasteiger partial charge in [-0.2, -0.15) is 0 Å². The molecule has 1 saturated heterocycles. The van der Waals surface area contributed by atoms with Crippen LogP contribution in [0.1, 0.15) is 110 Å². The number of esters is 1. The van der Waals surface area contributed by atoms with E-state index in [-0.39, 0.29) is 51.0 Å². The molecule has 7 rings (SSSR count). The molecular formula is C39H59NO7. The summed E-state index contributed by atoms with van der Waals surface area (Å²) in [7, 11) is 3.52. The van der Waals surface area contributed by atoms with Crippen molar-refractivity contribution in [1.82, 2.24) is 0 Å². The quantitative estimate of drug-likeness (QED) is 0.258. The predicted octanol–water partition coefficient (Wildman–Crippen LogP) is 6.17. The van der Waals surface area contributed by atoms with Gasteiger partial charge in [0.15, 0.2) is 6.29 Å². The minimum atomic E-state index is -1.25. The van der Waals surface area contributed by atoms with E-state index < -0.39 is 30.2 Å². The van der Waals surface area contributed by atoms with E-state index in [2.05, 4.69) is 33.0 Å². The molecule has 6 fully saturated rings. The van der Waals surface area contributed by atoms with Gasteiger partial charge in [0.2, 0.25) is 0 Å². The van der Waals surface area contributed by atoms with Crippen molar-refractivity contribution in [3.63, 3.8) is 0 Å². The molecule has 1 aromatic rings. The number of benzene rings is 1. The number of aliphatic hydroxyl groups is 3. The lowest BCUT2D eigenvalue weighted by atomic mass is 9.37. The Kier molecular flexibility index (Phi) is 7.83. The summed E-state index contributed by atoms with van der Waals surface area (Å²) in [5, 5.41) is 37.0. The van der Waals surface area contributed by atoms with Crippen LogP contribution in [0.5, 0.6) is 0 Å². The predicted molar refractivity (Wildman–Crippen MR) is 180 cm³/mol. The Morgan fingerprint density at radius 1 is 1.04 bits per heavy atom. The highest BCUT2D eigenvalue weighted by molar-refractivity contribution is 5.95. The van der Waals surface area contributed by atoms with Crippen LogP contribution in [0.15, 0.2) is 24.3 Å². The number of para-hydroxylation sites is 1. The fraction of sp³-hybridized carbons (Fsp3) is 0.821. The van der Waals surface area contributed by atoms with Crippen molar-refractivity contribution < 1.29 is 34.3 Å². The Morgan fingerprint density at radius 2 is 1.77 bits per heavy atom. The standard InChI is InChI=1S/C39H59NO7/c1-34(2)28-20-29(41)37(6)27(36(28,5)16-15-30(34)47-32(43)22-11-9-10-12-25(22)40-7)14-17-38-21-39(37,38)18-13-24(38)23-19-26(46-33(23)45-8)31(42)35(3,4)44/h9-12,23-24,26-31,33,40-42,44H,13-21H2,1-8H3/t23?,24-,26+,27+,28-,29+,30+,31?,33+,36+,37-,38+,39+/m0/s1. The van der Waals surface area contributed by atoms with E-state index in [0.29, 0.717) is 23.8 Å². The topological polar surface area (TPSA) is 117 Å². The first-order valence-electron chi connectivity index (χ1n) is 18.3. The van der Waals surface area contributed by atoms with Crippen molar-refractivity contribution >= 4 is 11.7 Å². The van der Waals surface area contributed by atoms with Crippen molar-refractivity contribution in [2.75, 3.05) is 19.5 Å². The van der Waals surface area contributed by atoms with Gasteiger partial charge in [-0.15, -0.1) is 0 Å². The van der Waals surface area contributed by atoms with Crippen LogP contribution in [0.3, 0.4) is 0 Å². The summed E-state index contributed by atoms with van der Waals surface area (Å²) in [6, 6.07) is 7.52. The zero-order valence-electron chi connectivity index (χ0n) is 29.8. The third-order valence-electron chi connectivity index (χ3n) is 15.7. The first kappa shape index (κ1) is 33.8. The number of carbonyl (C=O) groups is 1. The molecule has 2 unspecified atom stereocenters. The Morgan fingerprint density at radius 3 is 2.45 bits per heavy atom. The molecule has 0 aromatic heterocycles. The molecular weight excluding hydrogens is 594 g/mol. The number of hydrogen-bond acceptors (Lipinski definition) is 8. The second kappa shape index (κ2) is 10.9. The number of hydrogen-bond donors (Lipinski definition) is 4. The van der Waals surface area contributed by atoms with Crippen LogP contribution in [0, 0.1) is 50.7 Å². The van der Waals surface area contributed by atoms with Gasteiger partial charge >= 0.3 is 5.97 Å². The molecule has 1 aromatic carbocycles. The average Bonchev–Trinajstić information content (AvgIpc) is 3.35. The average molecular weight is 654 g/mol. The minimum Gasteiger partial charge on any atom is -0.458 e. The van der Waals surface area contributed by atoms with Crippen molar-refractivity contribution in [1.29, 1.82) is 0 Å². The highest BCUT2D eigenvalue weighted by atomic mass is 16.7. The van der Waals surface area contributed by atoms with Gasteiger partial charge in [-0.05, 0) is 118 Å². The summed E-state index contributed by atoms with van der Waals surface area (Å²) in [5.74, 6) is 0.916. The van der Waals surface area contributed by atoms with E-state index in [1.54, 1.807) is 21.0 Å². The largest absolute Gasteiger partial charge is 0.458 e. The molecule has 1 heterocycles. The molecule has 0 spiro atoms. The van der Waals surface area contributed by atoms with E-state index in [1.807, 2.05) is 31.3 Å². The summed E-state index contributed by atoms with van der Waals surface area (Å²) >= 11 is 0. The van der Waals surface area contributed by atoms with Crippen molar-refractivity contribution in [3.8, 4) is 0 Å². The number of aliphatic hydroxyl groups excluding tert-OH is 2. The molecule has 8 heteroatoms. The SMILES string of the molecule is CNc1ccccc1C(=O)O[C@@H]1CC[C@]2(C)[C@H]3CC[C@]45C[C@]4(CC[C@H]5C4C[C@H](C(O)C(C)(C)O)O[C@H]4OC)[C@]3(C)[C@H](O)C[C@H]2C1(C)C. The number of fused-ring (bicyclic) bond motifs is 3. The molecule has 8 nitrogen and oxygen atoms in total. The fourth-order valence-corrected chi connectivity index (χ4v) is 13.5. The molecule has 262 valence electrons. The number of ether oxygens (including phenoxy) is 3. The third-order valence-corrected chi connectivity index (χ3v) is 15.7. The lowest BCUT2D eigenvalue weighted by Crippen LogP contribution is -2.66. The number of rotatable bonds is 7. The number of nitrogens with one attached hydrogen (secondary N) is 1. The highest BCUT2D eigenvalue weighted by Gasteiger charge is 2.86. The van der Waals surface area contributed by atoms with Crippen LogP contribution in [-0.2, 0) is 14.2 Å². The molecule has 13 atom stereocenters. The maximum absolute atomic E-state index is 13.5. The van der Waals surface area contributed by atoms with E-state index in [0.717, 1.165) is 57.1 Å². The number of carbonyl (C=O) groups excluding carboxylic acids is 1. The van der Waals surface area contributed by atoms with Crippen LogP contribution in [0.2, 0.25) is 0 Å².